The Labute approximate surface area is 186 Å². The number of rotatable bonds is 6. The summed E-state index contributed by atoms with van der Waals surface area (Å²) in [6.45, 7) is 5.94. The monoisotopic (exact) mass is 466 g/mol. The van der Waals surface area contributed by atoms with Gasteiger partial charge in [-0.2, -0.15) is 4.98 Å². The lowest BCUT2D eigenvalue weighted by atomic mass is 10.0. The van der Waals surface area contributed by atoms with Gasteiger partial charge < -0.3 is 19.1 Å². The molecular formula is C21H27FN4O5S. The maximum absolute atomic E-state index is 14.3. The molecule has 1 aromatic carbocycles. The number of benzene rings is 1. The van der Waals surface area contributed by atoms with Gasteiger partial charge in [0.15, 0.2) is 33.3 Å². The van der Waals surface area contributed by atoms with Crippen LogP contribution in [0.25, 0.3) is 0 Å². The van der Waals surface area contributed by atoms with Crippen molar-refractivity contribution in [2.75, 3.05) is 30.8 Å². The summed E-state index contributed by atoms with van der Waals surface area (Å²) in [5.41, 5.74) is 0. The molecule has 0 saturated carbocycles. The van der Waals surface area contributed by atoms with Crippen molar-refractivity contribution in [1.82, 2.24) is 15.0 Å². The highest BCUT2D eigenvalue weighted by Crippen LogP contribution is 2.29. The van der Waals surface area contributed by atoms with E-state index < -0.39 is 21.8 Å². The van der Waals surface area contributed by atoms with E-state index in [0.717, 1.165) is 25.2 Å². The molecule has 2 aliphatic rings. The molecule has 1 aromatic heterocycles. The first-order chi connectivity index (χ1) is 15.1. The van der Waals surface area contributed by atoms with Crippen molar-refractivity contribution in [3.8, 4) is 5.75 Å². The Morgan fingerprint density at radius 1 is 1.19 bits per heavy atom. The largest absolute Gasteiger partial charge is 0.477 e. The average molecular weight is 467 g/mol. The zero-order valence-corrected chi connectivity index (χ0v) is 19.1. The van der Waals surface area contributed by atoms with E-state index in [1.165, 1.54) is 12.1 Å². The second kappa shape index (κ2) is 8.68. The van der Waals surface area contributed by atoms with E-state index in [0.29, 0.717) is 37.9 Å². The SMILES string of the molecule is CC(C)c1noc(N2CCC(N3CCC(Oc4ccc(S(C)(=O)=O)cc4F)C3=O)CC2)n1. The fraction of sp³-hybridized carbons (Fsp3) is 0.571. The third-order valence-electron chi connectivity index (χ3n) is 5.91. The van der Waals surface area contributed by atoms with Crippen LogP contribution >= 0.6 is 0 Å². The molecule has 2 fully saturated rings. The number of carbonyl (C=O) groups is 1. The van der Waals surface area contributed by atoms with Crippen molar-refractivity contribution in [1.29, 1.82) is 0 Å². The normalized spacial score (nSPS) is 20.4. The minimum absolute atomic E-state index is 0.0669. The van der Waals surface area contributed by atoms with Crippen LogP contribution < -0.4 is 9.64 Å². The molecule has 0 aliphatic carbocycles. The molecule has 2 saturated heterocycles. The third-order valence-corrected chi connectivity index (χ3v) is 7.02. The van der Waals surface area contributed by atoms with Gasteiger partial charge in [0.2, 0.25) is 0 Å². The molecule has 0 bridgehead atoms. The van der Waals surface area contributed by atoms with Crippen LogP contribution in [0.5, 0.6) is 5.75 Å². The first kappa shape index (κ1) is 22.5. The van der Waals surface area contributed by atoms with Crippen LogP contribution in [0, 0.1) is 5.82 Å². The Morgan fingerprint density at radius 3 is 2.50 bits per heavy atom. The molecule has 2 aliphatic heterocycles. The predicted octanol–water partition coefficient (Wildman–Crippen LogP) is 2.38. The number of ether oxygens (including phenoxy) is 1. The predicted molar refractivity (Wildman–Crippen MR) is 114 cm³/mol. The molecule has 1 unspecified atom stereocenters. The molecule has 0 radical (unpaired) electrons. The maximum Gasteiger partial charge on any atom is 0.324 e. The van der Waals surface area contributed by atoms with Gasteiger partial charge >= 0.3 is 6.01 Å². The summed E-state index contributed by atoms with van der Waals surface area (Å²) < 4.78 is 48.5. The highest BCUT2D eigenvalue weighted by molar-refractivity contribution is 7.90. The number of sulfone groups is 1. The molecule has 0 N–H and O–H groups in total. The summed E-state index contributed by atoms with van der Waals surface area (Å²) in [4.78, 5) is 21.0. The van der Waals surface area contributed by atoms with E-state index in [1.807, 2.05) is 18.7 Å². The van der Waals surface area contributed by atoms with Crippen LogP contribution in [0.2, 0.25) is 0 Å². The van der Waals surface area contributed by atoms with Crippen LogP contribution in [0.15, 0.2) is 27.6 Å². The molecular weight excluding hydrogens is 439 g/mol. The van der Waals surface area contributed by atoms with E-state index in [-0.39, 0.29) is 28.5 Å². The number of anilines is 1. The highest BCUT2D eigenvalue weighted by Gasteiger charge is 2.39. The molecule has 1 atom stereocenters. The number of carbonyl (C=O) groups excluding carboxylic acids is 1. The topological polar surface area (TPSA) is 106 Å². The summed E-state index contributed by atoms with van der Waals surface area (Å²) in [6, 6.07) is 4.03. The first-order valence-corrected chi connectivity index (χ1v) is 12.6. The summed E-state index contributed by atoms with van der Waals surface area (Å²) in [5.74, 6) is -0.224. The molecule has 32 heavy (non-hydrogen) atoms. The van der Waals surface area contributed by atoms with E-state index in [9.17, 15) is 17.6 Å². The summed E-state index contributed by atoms with van der Waals surface area (Å²) in [7, 11) is -3.52. The fourth-order valence-corrected chi connectivity index (χ4v) is 4.70. The standard InChI is InChI=1S/C21H27FN4O5S/c1-13(2)19-23-21(31-24-19)25-9-6-14(7-10-25)26-11-8-18(20(26)27)30-17-5-4-15(12-16(17)22)32(3,28)29/h4-5,12-14,18H,6-11H2,1-3H3. The molecule has 3 heterocycles. The van der Waals surface area contributed by atoms with Crippen molar-refractivity contribution in [3.05, 3.63) is 29.8 Å². The van der Waals surface area contributed by atoms with E-state index in [2.05, 4.69) is 10.1 Å². The van der Waals surface area contributed by atoms with Crippen LogP contribution in [0.1, 0.15) is 44.9 Å². The number of piperidine rings is 1. The number of amides is 1. The van der Waals surface area contributed by atoms with Gasteiger partial charge in [0.1, 0.15) is 0 Å². The quantitative estimate of drug-likeness (QED) is 0.639. The van der Waals surface area contributed by atoms with Gasteiger partial charge in [0.05, 0.1) is 4.90 Å². The van der Waals surface area contributed by atoms with Gasteiger partial charge in [0.25, 0.3) is 5.91 Å². The van der Waals surface area contributed by atoms with Crippen LogP contribution in [-0.4, -0.2) is 67.4 Å². The molecule has 174 valence electrons. The van der Waals surface area contributed by atoms with E-state index in [4.69, 9.17) is 9.26 Å². The Bertz CT molecular complexity index is 1100. The Hall–Kier alpha value is -2.69. The van der Waals surface area contributed by atoms with Gasteiger partial charge in [-0.05, 0) is 31.0 Å². The van der Waals surface area contributed by atoms with E-state index >= 15 is 0 Å². The molecule has 0 spiro atoms. The van der Waals surface area contributed by atoms with Crippen LogP contribution in [-0.2, 0) is 14.6 Å². The highest BCUT2D eigenvalue weighted by atomic mass is 32.2. The molecule has 4 rings (SSSR count). The zero-order valence-electron chi connectivity index (χ0n) is 18.3. The number of nitrogens with zero attached hydrogens (tertiary/aromatic N) is 4. The van der Waals surface area contributed by atoms with E-state index in [1.54, 1.807) is 4.90 Å². The Kier molecular flexibility index (Phi) is 6.11. The fourth-order valence-electron chi connectivity index (χ4n) is 4.07. The smallest absolute Gasteiger partial charge is 0.324 e. The lowest BCUT2D eigenvalue weighted by Crippen LogP contribution is -2.47. The van der Waals surface area contributed by atoms with Gasteiger partial charge in [-0.15, -0.1) is 0 Å². The second-order valence-electron chi connectivity index (χ2n) is 8.60. The van der Waals surface area contributed by atoms with Crippen molar-refractivity contribution in [2.24, 2.45) is 0 Å². The van der Waals surface area contributed by atoms with Gasteiger partial charge in [-0.1, -0.05) is 19.0 Å². The minimum atomic E-state index is -3.52. The number of likely N-dealkylation sites (tertiary alicyclic amines) is 1. The molecule has 1 amide bonds. The van der Waals surface area contributed by atoms with Gasteiger partial charge in [-0.3, -0.25) is 4.79 Å². The molecule has 9 nitrogen and oxygen atoms in total. The zero-order chi connectivity index (χ0) is 23.0. The first-order valence-electron chi connectivity index (χ1n) is 10.7. The maximum atomic E-state index is 14.3. The lowest BCUT2D eigenvalue weighted by Gasteiger charge is -2.35. The molecule has 11 heteroatoms. The lowest BCUT2D eigenvalue weighted by molar-refractivity contribution is -0.135. The van der Waals surface area contributed by atoms with Crippen molar-refractivity contribution < 1.29 is 26.9 Å². The third kappa shape index (κ3) is 4.57. The minimum Gasteiger partial charge on any atom is -0.477 e. The average Bonchev–Trinajstić information content (AvgIpc) is 3.37. The Morgan fingerprint density at radius 2 is 1.91 bits per heavy atom. The van der Waals surface area contributed by atoms with Crippen molar-refractivity contribution in [3.63, 3.8) is 0 Å². The molecule has 2 aromatic rings. The summed E-state index contributed by atoms with van der Waals surface area (Å²) in [5, 5.41) is 4.00. The van der Waals surface area contributed by atoms with Gasteiger partial charge in [-0.25, -0.2) is 12.8 Å². The number of hydrogen-bond donors (Lipinski definition) is 0. The van der Waals surface area contributed by atoms with Crippen molar-refractivity contribution in [2.45, 2.75) is 56.1 Å². The second-order valence-corrected chi connectivity index (χ2v) is 10.6. The number of hydrogen-bond acceptors (Lipinski definition) is 8. The van der Waals surface area contributed by atoms with Crippen molar-refractivity contribution >= 4 is 21.8 Å². The van der Waals surface area contributed by atoms with Crippen LogP contribution in [0.3, 0.4) is 0 Å². The summed E-state index contributed by atoms with van der Waals surface area (Å²) >= 11 is 0. The van der Waals surface area contributed by atoms with Gasteiger partial charge in [0, 0.05) is 44.3 Å². The van der Waals surface area contributed by atoms with Crippen LogP contribution in [0.4, 0.5) is 10.4 Å². The Balaban J connectivity index is 1.35. The number of halogens is 1. The summed E-state index contributed by atoms with van der Waals surface area (Å²) in [6.07, 6.45) is 2.20. The number of aromatic nitrogens is 2.